The highest BCUT2D eigenvalue weighted by Gasteiger charge is 2.21. The first-order chi connectivity index (χ1) is 7.29. The minimum atomic E-state index is 0.319. The number of carbonyl (C=O) groups excluding carboxylic acids is 1. The average molecular weight is 206 g/mol. The Morgan fingerprint density at radius 2 is 1.60 bits per heavy atom. The number of hydrogen-bond acceptors (Lipinski definition) is 1. The molecule has 15 heavy (non-hydrogen) atoms. The van der Waals surface area contributed by atoms with Crippen molar-refractivity contribution in [2.45, 2.75) is 58.8 Å². The molecule has 0 heterocycles. The fraction of sp³-hybridized carbons (Fsp3) is 0.643. The maximum Gasteiger partial charge on any atom is 0.184 e. The molecule has 0 aromatic carbocycles. The Bertz CT molecular complexity index is 271. The van der Waals surface area contributed by atoms with Crippen LogP contribution in [0.4, 0.5) is 0 Å². The second-order valence-electron chi connectivity index (χ2n) is 4.22. The van der Waals surface area contributed by atoms with Crippen LogP contribution in [0.1, 0.15) is 58.8 Å². The summed E-state index contributed by atoms with van der Waals surface area (Å²) in [4.78, 5) is 11.9. The van der Waals surface area contributed by atoms with E-state index in [1.807, 2.05) is 0 Å². The molecule has 1 heteroatoms. The van der Waals surface area contributed by atoms with Crippen LogP contribution >= 0.6 is 0 Å². The molecule has 0 unspecified atom stereocenters. The molecule has 0 aromatic rings. The number of allylic oxidation sites excluding steroid dienone is 4. The molecule has 0 radical (unpaired) electrons. The molecule has 1 saturated carbocycles. The predicted octanol–water partition coefficient (Wildman–Crippen LogP) is 4.19. The van der Waals surface area contributed by atoms with E-state index in [-0.39, 0.29) is 0 Å². The van der Waals surface area contributed by atoms with Crippen molar-refractivity contribution in [2.75, 3.05) is 0 Å². The highest BCUT2D eigenvalue weighted by molar-refractivity contribution is 6.10. The van der Waals surface area contributed by atoms with Gasteiger partial charge in [-0.15, -0.1) is 0 Å². The van der Waals surface area contributed by atoms with E-state index >= 15 is 0 Å². The summed E-state index contributed by atoms with van der Waals surface area (Å²) in [7, 11) is 0. The third kappa shape index (κ3) is 3.65. The van der Waals surface area contributed by atoms with Gasteiger partial charge in [-0.1, -0.05) is 45.3 Å². The van der Waals surface area contributed by atoms with Gasteiger partial charge in [-0.05, 0) is 36.8 Å². The zero-order chi connectivity index (χ0) is 11.1. The van der Waals surface area contributed by atoms with Gasteiger partial charge in [0.15, 0.2) is 5.78 Å². The van der Waals surface area contributed by atoms with E-state index in [2.05, 4.69) is 26.0 Å². The van der Waals surface area contributed by atoms with E-state index in [9.17, 15) is 4.79 Å². The van der Waals surface area contributed by atoms with Crippen LogP contribution in [0.25, 0.3) is 0 Å². The van der Waals surface area contributed by atoms with E-state index in [0.717, 1.165) is 43.3 Å². The molecule has 84 valence electrons. The summed E-state index contributed by atoms with van der Waals surface area (Å²) in [6, 6.07) is 0. The van der Waals surface area contributed by atoms with Crippen LogP contribution in [0.3, 0.4) is 0 Å². The summed E-state index contributed by atoms with van der Waals surface area (Å²) >= 11 is 0. The summed E-state index contributed by atoms with van der Waals surface area (Å²) in [6.45, 7) is 4.33. The average Bonchev–Trinajstić information content (AvgIpc) is 2.58. The van der Waals surface area contributed by atoms with E-state index in [1.54, 1.807) is 0 Å². The molecule has 0 atom stereocenters. The standard InChI is InChI=1S/C14H22O/c1-3-5-7-9-13-11-10-12(14(13)15)8-6-4-2/h8-9H,3-7,10-11H2,1-2H3/b12-8+,13-9-. The lowest BCUT2D eigenvalue weighted by molar-refractivity contribution is -0.111. The molecule has 0 amide bonds. The number of ketones is 1. The van der Waals surface area contributed by atoms with Crippen LogP contribution in [0.5, 0.6) is 0 Å². The maximum atomic E-state index is 11.9. The van der Waals surface area contributed by atoms with Crippen LogP contribution in [0, 0.1) is 0 Å². The van der Waals surface area contributed by atoms with Crippen LogP contribution in [0.2, 0.25) is 0 Å². The third-order valence-corrected chi connectivity index (χ3v) is 2.87. The SMILES string of the molecule is CCC/C=C1\CC/C(=C/CCCC)C1=O. The van der Waals surface area contributed by atoms with E-state index in [0.29, 0.717) is 5.78 Å². The normalized spacial score (nSPS) is 21.9. The molecule has 1 rings (SSSR count). The molecule has 1 fully saturated rings. The molecular formula is C14H22O. The number of Topliss-reactive ketones (excluding diaryl/α,β-unsaturated/α-hetero) is 1. The Balaban J connectivity index is 2.52. The summed E-state index contributed by atoms with van der Waals surface area (Å²) in [6.07, 6.45) is 11.9. The van der Waals surface area contributed by atoms with Gasteiger partial charge in [0.1, 0.15) is 0 Å². The zero-order valence-corrected chi connectivity index (χ0v) is 10.0. The van der Waals surface area contributed by atoms with Crippen molar-refractivity contribution in [3.8, 4) is 0 Å². The Labute approximate surface area is 93.3 Å². The predicted molar refractivity (Wildman–Crippen MR) is 64.8 cm³/mol. The zero-order valence-electron chi connectivity index (χ0n) is 10.0. The second kappa shape index (κ2) is 6.60. The molecule has 0 saturated heterocycles. The van der Waals surface area contributed by atoms with Gasteiger partial charge in [-0.2, -0.15) is 0 Å². The summed E-state index contributed by atoms with van der Waals surface area (Å²) < 4.78 is 0. The first-order valence-electron chi connectivity index (χ1n) is 6.22. The van der Waals surface area contributed by atoms with Gasteiger partial charge in [0.2, 0.25) is 0 Å². The lowest BCUT2D eigenvalue weighted by atomic mass is 10.1. The number of carbonyl (C=O) groups is 1. The molecule has 1 nitrogen and oxygen atoms in total. The van der Waals surface area contributed by atoms with Gasteiger partial charge < -0.3 is 0 Å². The number of rotatable bonds is 5. The highest BCUT2D eigenvalue weighted by atomic mass is 16.1. The Kier molecular flexibility index (Phi) is 5.38. The highest BCUT2D eigenvalue weighted by Crippen LogP contribution is 2.27. The van der Waals surface area contributed by atoms with Gasteiger partial charge >= 0.3 is 0 Å². The quantitative estimate of drug-likeness (QED) is 0.487. The minimum absolute atomic E-state index is 0.319. The number of unbranched alkanes of at least 4 members (excludes halogenated alkanes) is 3. The topological polar surface area (TPSA) is 17.1 Å². The van der Waals surface area contributed by atoms with Crippen molar-refractivity contribution < 1.29 is 4.79 Å². The summed E-state index contributed by atoms with van der Waals surface area (Å²) in [5.74, 6) is 0.319. The fourth-order valence-electron chi connectivity index (χ4n) is 1.89. The van der Waals surface area contributed by atoms with Gasteiger partial charge in [0.25, 0.3) is 0 Å². The summed E-state index contributed by atoms with van der Waals surface area (Å²) in [5, 5.41) is 0. The first-order valence-corrected chi connectivity index (χ1v) is 6.22. The van der Waals surface area contributed by atoms with Crippen molar-refractivity contribution in [2.24, 2.45) is 0 Å². The van der Waals surface area contributed by atoms with Crippen LogP contribution in [-0.2, 0) is 4.79 Å². The third-order valence-electron chi connectivity index (χ3n) is 2.87. The Hall–Kier alpha value is -0.850. The van der Waals surface area contributed by atoms with E-state index < -0.39 is 0 Å². The molecule has 0 aliphatic heterocycles. The first kappa shape index (κ1) is 12.2. The molecular weight excluding hydrogens is 184 g/mol. The Morgan fingerprint density at radius 1 is 1.00 bits per heavy atom. The van der Waals surface area contributed by atoms with Gasteiger partial charge in [0.05, 0.1) is 0 Å². The lowest BCUT2D eigenvalue weighted by Crippen LogP contribution is -1.95. The van der Waals surface area contributed by atoms with Gasteiger partial charge in [-0.25, -0.2) is 0 Å². The monoisotopic (exact) mass is 206 g/mol. The molecule has 1 aliphatic rings. The second-order valence-corrected chi connectivity index (χ2v) is 4.22. The maximum absolute atomic E-state index is 11.9. The van der Waals surface area contributed by atoms with Crippen molar-refractivity contribution in [3.05, 3.63) is 23.3 Å². The van der Waals surface area contributed by atoms with Crippen LogP contribution in [-0.4, -0.2) is 5.78 Å². The molecule has 0 aromatic heterocycles. The van der Waals surface area contributed by atoms with Crippen LogP contribution < -0.4 is 0 Å². The minimum Gasteiger partial charge on any atom is -0.289 e. The van der Waals surface area contributed by atoms with Crippen molar-refractivity contribution >= 4 is 5.78 Å². The van der Waals surface area contributed by atoms with Gasteiger partial charge in [-0.3, -0.25) is 4.79 Å². The molecule has 0 bridgehead atoms. The van der Waals surface area contributed by atoms with E-state index in [1.165, 1.54) is 12.8 Å². The number of hydrogen-bond donors (Lipinski definition) is 0. The molecule has 1 aliphatic carbocycles. The largest absolute Gasteiger partial charge is 0.289 e. The Morgan fingerprint density at radius 3 is 2.13 bits per heavy atom. The van der Waals surface area contributed by atoms with Crippen LogP contribution in [0.15, 0.2) is 23.3 Å². The smallest absolute Gasteiger partial charge is 0.184 e. The van der Waals surface area contributed by atoms with Crippen molar-refractivity contribution in [3.63, 3.8) is 0 Å². The fourth-order valence-corrected chi connectivity index (χ4v) is 1.89. The molecule has 0 N–H and O–H groups in total. The van der Waals surface area contributed by atoms with E-state index in [4.69, 9.17) is 0 Å². The van der Waals surface area contributed by atoms with Crippen molar-refractivity contribution in [1.29, 1.82) is 0 Å². The van der Waals surface area contributed by atoms with Crippen molar-refractivity contribution in [1.82, 2.24) is 0 Å². The van der Waals surface area contributed by atoms with Gasteiger partial charge in [0, 0.05) is 0 Å². The molecule has 0 spiro atoms. The summed E-state index contributed by atoms with van der Waals surface area (Å²) in [5.41, 5.74) is 2.12. The lowest BCUT2D eigenvalue weighted by Gasteiger charge is -1.95.